The van der Waals surface area contributed by atoms with Crippen LogP contribution in [-0.4, -0.2) is 30.1 Å². The van der Waals surface area contributed by atoms with Crippen LogP contribution in [0.5, 0.6) is 11.5 Å². The van der Waals surface area contributed by atoms with Gasteiger partial charge < -0.3 is 19.2 Å². The SMILES string of the molecule is O=CC1C(=O)c2cc3c(cc2N2CSC12)OCO3. The number of nitrogens with zero attached hydrogens (tertiary/aromatic N) is 1. The maximum Gasteiger partial charge on any atom is 0.231 e. The number of anilines is 1. The average molecular weight is 263 g/mol. The van der Waals surface area contributed by atoms with Crippen molar-refractivity contribution >= 4 is 29.5 Å². The molecule has 92 valence electrons. The van der Waals surface area contributed by atoms with E-state index in [1.165, 1.54) is 0 Å². The lowest BCUT2D eigenvalue weighted by Crippen LogP contribution is -2.54. The molecule has 4 rings (SSSR count). The highest BCUT2D eigenvalue weighted by Crippen LogP contribution is 2.49. The Hall–Kier alpha value is -1.69. The summed E-state index contributed by atoms with van der Waals surface area (Å²) in [5.41, 5.74) is 1.42. The first-order valence-electron chi connectivity index (χ1n) is 5.61. The molecule has 6 heteroatoms. The summed E-state index contributed by atoms with van der Waals surface area (Å²) in [7, 11) is 0. The van der Waals surface area contributed by atoms with Crippen molar-refractivity contribution in [2.75, 3.05) is 17.6 Å². The van der Waals surface area contributed by atoms with E-state index in [9.17, 15) is 9.59 Å². The Morgan fingerprint density at radius 2 is 2.11 bits per heavy atom. The van der Waals surface area contributed by atoms with Crippen molar-refractivity contribution in [2.24, 2.45) is 5.92 Å². The molecule has 0 radical (unpaired) electrons. The van der Waals surface area contributed by atoms with E-state index in [1.807, 2.05) is 6.07 Å². The predicted molar refractivity (Wildman–Crippen MR) is 65.2 cm³/mol. The molecule has 1 aromatic rings. The molecule has 0 N–H and O–H groups in total. The summed E-state index contributed by atoms with van der Waals surface area (Å²) in [6, 6.07) is 3.53. The maximum atomic E-state index is 12.3. The van der Waals surface area contributed by atoms with Crippen molar-refractivity contribution in [2.45, 2.75) is 5.37 Å². The minimum absolute atomic E-state index is 0.0529. The van der Waals surface area contributed by atoms with Crippen LogP contribution in [-0.2, 0) is 4.79 Å². The smallest absolute Gasteiger partial charge is 0.231 e. The molecule has 3 aliphatic heterocycles. The summed E-state index contributed by atoms with van der Waals surface area (Å²) >= 11 is 1.62. The van der Waals surface area contributed by atoms with Crippen LogP contribution >= 0.6 is 11.8 Å². The zero-order valence-corrected chi connectivity index (χ0v) is 10.1. The number of ketones is 1. The average Bonchev–Trinajstić information content (AvgIpc) is 2.78. The van der Waals surface area contributed by atoms with Gasteiger partial charge in [0.25, 0.3) is 0 Å². The fourth-order valence-electron chi connectivity index (χ4n) is 2.54. The molecule has 2 unspecified atom stereocenters. The molecule has 2 atom stereocenters. The first kappa shape index (κ1) is 10.3. The van der Waals surface area contributed by atoms with Gasteiger partial charge in [0.05, 0.1) is 16.9 Å². The topological polar surface area (TPSA) is 55.8 Å². The Labute approximate surface area is 107 Å². The van der Waals surface area contributed by atoms with Gasteiger partial charge in [-0.1, -0.05) is 0 Å². The van der Waals surface area contributed by atoms with Crippen molar-refractivity contribution in [1.29, 1.82) is 0 Å². The number of carbonyl (C=O) groups is 2. The van der Waals surface area contributed by atoms with Gasteiger partial charge in [-0.25, -0.2) is 0 Å². The highest BCUT2D eigenvalue weighted by molar-refractivity contribution is 8.01. The molecule has 1 aromatic carbocycles. The normalized spacial score (nSPS) is 27.3. The third kappa shape index (κ3) is 1.13. The Morgan fingerprint density at radius 3 is 2.78 bits per heavy atom. The number of fused-ring (bicyclic) bond motifs is 4. The van der Waals surface area contributed by atoms with Gasteiger partial charge in [0.15, 0.2) is 17.3 Å². The second kappa shape index (κ2) is 3.41. The van der Waals surface area contributed by atoms with Crippen LogP contribution in [0, 0.1) is 5.92 Å². The number of thioether (sulfide) groups is 1. The zero-order valence-electron chi connectivity index (χ0n) is 9.29. The molecule has 0 bridgehead atoms. The number of aldehydes is 1. The van der Waals surface area contributed by atoms with Gasteiger partial charge in [-0.05, 0) is 6.07 Å². The molecule has 0 spiro atoms. The summed E-state index contributed by atoms with van der Waals surface area (Å²) in [4.78, 5) is 25.4. The number of rotatable bonds is 1. The van der Waals surface area contributed by atoms with Crippen molar-refractivity contribution in [1.82, 2.24) is 0 Å². The number of hydrogen-bond acceptors (Lipinski definition) is 6. The standard InChI is InChI=1S/C12H9NO4S/c14-3-7-11(15)6-1-9-10(17-5-16-9)2-8(6)13-4-18-12(7)13/h1-3,7,12H,4-5H2. The monoisotopic (exact) mass is 263 g/mol. The van der Waals surface area contributed by atoms with Gasteiger partial charge in [0.2, 0.25) is 6.79 Å². The summed E-state index contributed by atoms with van der Waals surface area (Å²) in [5, 5.41) is -0.0529. The third-order valence-corrected chi connectivity index (χ3v) is 4.83. The molecule has 5 nitrogen and oxygen atoms in total. The van der Waals surface area contributed by atoms with Gasteiger partial charge in [-0.2, -0.15) is 0 Å². The summed E-state index contributed by atoms with van der Waals surface area (Å²) in [6.45, 7) is 0.182. The number of hydrogen-bond donors (Lipinski definition) is 0. The van der Waals surface area contributed by atoms with Crippen molar-refractivity contribution in [3.63, 3.8) is 0 Å². The van der Waals surface area contributed by atoms with E-state index in [1.54, 1.807) is 17.8 Å². The Bertz CT molecular complexity index is 573. The molecule has 3 heterocycles. The Morgan fingerprint density at radius 1 is 1.33 bits per heavy atom. The van der Waals surface area contributed by atoms with E-state index >= 15 is 0 Å². The fourth-order valence-corrected chi connectivity index (χ4v) is 3.66. The lowest BCUT2D eigenvalue weighted by Gasteiger charge is -2.47. The van der Waals surface area contributed by atoms with Crippen LogP contribution in [0.3, 0.4) is 0 Å². The highest BCUT2D eigenvalue weighted by atomic mass is 32.2. The van der Waals surface area contributed by atoms with Crippen LogP contribution in [0.4, 0.5) is 5.69 Å². The summed E-state index contributed by atoms with van der Waals surface area (Å²) in [6.07, 6.45) is 0.750. The summed E-state index contributed by atoms with van der Waals surface area (Å²) in [5.74, 6) is 1.36. The molecule has 0 aliphatic carbocycles. The number of benzene rings is 1. The van der Waals surface area contributed by atoms with E-state index in [-0.39, 0.29) is 18.0 Å². The molecule has 18 heavy (non-hydrogen) atoms. The van der Waals surface area contributed by atoms with Crippen molar-refractivity contribution < 1.29 is 19.1 Å². The van der Waals surface area contributed by atoms with E-state index in [2.05, 4.69) is 4.90 Å². The number of carbonyl (C=O) groups excluding carboxylic acids is 2. The van der Waals surface area contributed by atoms with Crippen LogP contribution in [0.1, 0.15) is 10.4 Å². The largest absolute Gasteiger partial charge is 0.454 e. The first-order valence-corrected chi connectivity index (χ1v) is 6.66. The van der Waals surface area contributed by atoms with E-state index < -0.39 is 5.92 Å². The minimum atomic E-state index is -0.573. The molecule has 0 saturated carbocycles. The van der Waals surface area contributed by atoms with E-state index in [0.29, 0.717) is 17.1 Å². The Kier molecular flexibility index (Phi) is 1.94. The number of ether oxygens (including phenoxy) is 2. The number of Topliss-reactive ketones (excluding diaryl/α,β-unsaturated/α-hetero) is 1. The molecule has 3 aliphatic rings. The summed E-state index contributed by atoms with van der Waals surface area (Å²) < 4.78 is 10.6. The zero-order chi connectivity index (χ0) is 12.3. The van der Waals surface area contributed by atoms with Crippen LogP contribution in [0.15, 0.2) is 12.1 Å². The maximum absolute atomic E-state index is 12.3. The molecule has 1 fully saturated rings. The van der Waals surface area contributed by atoms with Gasteiger partial charge in [-0.15, -0.1) is 11.8 Å². The second-order valence-corrected chi connectivity index (χ2v) is 5.48. The quantitative estimate of drug-likeness (QED) is 0.561. The van der Waals surface area contributed by atoms with Gasteiger partial charge in [0, 0.05) is 11.6 Å². The van der Waals surface area contributed by atoms with Crippen molar-refractivity contribution in [3.05, 3.63) is 17.7 Å². The molecule has 0 aromatic heterocycles. The highest BCUT2D eigenvalue weighted by Gasteiger charge is 2.46. The first-order chi connectivity index (χ1) is 8.79. The van der Waals surface area contributed by atoms with E-state index in [4.69, 9.17) is 9.47 Å². The van der Waals surface area contributed by atoms with Gasteiger partial charge in [0.1, 0.15) is 12.2 Å². The fraction of sp³-hybridized carbons (Fsp3) is 0.333. The van der Waals surface area contributed by atoms with E-state index in [0.717, 1.165) is 17.9 Å². The lowest BCUT2D eigenvalue weighted by molar-refractivity contribution is -0.110. The molecule has 0 amide bonds. The van der Waals surface area contributed by atoms with Crippen LogP contribution in [0.25, 0.3) is 0 Å². The van der Waals surface area contributed by atoms with Crippen LogP contribution < -0.4 is 14.4 Å². The molecular formula is C12H9NO4S. The lowest BCUT2D eigenvalue weighted by atomic mass is 9.91. The Balaban J connectivity index is 1.90. The second-order valence-electron chi connectivity index (χ2n) is 4.40. The third-order valence-electron chi connectivity index (χ3n) is 3.51. The molecular weight excluding hydrogens is 254 g/mol. The predicted octanol–water partition coefficient (Wildman–Crippen LogP) is 1.26. The van der Waals surface area contributed by atoms with Crippen LogP contribution in [0.2, 0.25) is 0 Å². The molecule has 1 saturated heterocycles. The van der Waals surface area contributed by atoms with Gasteiger partial charge >= 0.3 is 0 Å². The van der Waals surface area contributed by atoms with Crippen molar-refractivity contribution in [3.8, 4) is 11.5 Å². The minimum Gasteiger partial charge on any atom is -0.454 e. The van der Waals surface area contributed by atoms with Gasteiger partial charge in [-0.3, -0.25) is 4.79 Å².